The second-order valence-corrected chi connectivity index (χ2v) is 7.56. The molecule has 8 heteroatoms. The molecule has 0 radical (unpaired) electrons. The van der Waals surface area contributed by atoms with Crippen molar-refractivity contribution in [3.8, 4) is 0 Å². The van der Waals surface area contributed by atoms with Gasteiger partial charge in [-0.3, -0.25) is 4.79 Å². The minimum absolute atomic E-state index is 0. The van der Waals surface area contributed by atoms with Gasteiger partial charge in [0.2, 0.25) is 0 Å². The maximum atomic E-state index is 13.3. The highest BCUT2D eigenvalue weighted by Gasteiger charge is 2.58. The molecule has 1 aliphatic carbocycles. The monoisotopic (exact) mass is 425 g/mol. The lowest BCUT2D eigenvalue weighted by Gasteiger charge is -2.29. The van der Waals surface area contributed by atoms with E-state index in [2.05, 4.69) is 26.8 Å². The Morgan fingerprint density at radius 1 is 1.32 bits per heavy atom. The third kappa shape index (κ3) is 4.34. The second-order valence-electron chi connectivity index (χ2n) is 7.56. The molecule has 1 spiro atoms. The smallest absolute Gasteiger partial charge is 0.273 e. The Hall–Kier alpha value is -1.63. The SMILES string of the molecule is CCn1ccnc1CN(C(=O)c1cccc(C)n1)C1CC12CCNCC2.Cl.Cl. The first-order chi connectivity index (χ1) is 12.6. The molecule has 2 aromatic heterocycles. The number of nitrogens with zero attached hydrogens (tertiary/aromatic N) is 4. The van der Waals surface area contributed by atoms with Gasteiger partial charge >= 0.3 is 0 Å². The first-order valence-corrected chi connectivity index (χ1v) is 9.58. The highest BCUT2D eigenvalue weighted by molar-refractivity contribution is 5.92. The Labute approximate surface area is 178 Å². The molecular formula is C20H29Cl2N5O. The number of carbonyl (C=O) groups is 1. The molecule has 1 saturated heterocycles. The molecular weight excluding hydrogens is 397 g/mol. The quantitative estimate of drug-likeness (QED) is 0.798. The molecule has 154 valence electrons. The highest BCUT2D eigenvalue weighted by Crippen LogP contribution is 2.56. The van der Waals surface area contributed by atoms with Crippen LogP contribution in [0, 0.1) is 12.3 Å². The minimum atomic E-state index is 0. The Balaban J connectivity index is 0.00000140. The van der Waals surface area contributed by atoms with Gasteiger partial charge in [-0.1, -0.05) is 6.07 Å². The van der Waals surface area contributed by atoms with Crippen LogP contribution in [0.25, 0.3) is 0 Å². The van der Waals surface area contributed by atoms with Gasteiger partial charge in [0.25, 0.3) is 5.91 Å². The van der Waals surface area contributed by atoms with Crippen LogP contribution in [0.15, 0.2) is 30.6 Å². The molecule has 4 rings (SSSR count). The molecule has 2 aromatic rings. The van der Waals surface area contributed by atoms with Crippen LogP contribution in [0.5, 0.6) is 0 Å². The van der Waals surface area contributed by atoms with Crippen LogP contribution >= 0.6 is 24.8 Å². The van der Waals surface area contributed by atoms with Gasteiger partial charge in [-0.25, -0.2) is 9.97 Å². The summed E-state index contributed by atoms with van der Waals surface area (Å²) in [5, 5.41) is 3.44. The fraction of sp³-hybridized carbons (Fsp3) is 0.550. The van der Waals surface area contributed by atoms with E-state index < -0.39 is 0 Å². The number of pyridine rings is 1. The number of aryl methyl sites for hydroxylation is 2. The summed E-state index contributed by atoms with van der Waals surface area (Å²) in [6, 6.07) is 5.96. The van der Waals surface area contributed by atoms with Crippen molar-refractivity contribution < 1.29 is 4.79 Å². The predicted octanol–water partition coefficient (Wildman–Crippen LogP) is 3.23. The summed E-state index contributed by atoms with van der Waals surface area (Å²) in [5.41, 5.74) is 1.70. The molecule has 0 aromatic carbocycles. The number of imidazole rings is 1. The molecule has 1 N–H and O–H groups in total. The van der Waals surface area contributed by atoms with E-state index in [-0.39, 0.29) is 36.1 Å². The van der Waals surface area contributed by atoms with Gasteiger partial charge in [0.15, 0.2) is 0 Å². The average molecular weight is 426 g/mol. The van der Waals surface area contributed by atoms with Gasteiger partial charge < -0.3 is 14.8 Å². The van der Waals surface area contributed by atoms with Crippen molar-refractivity contribution in [2.45, 2.75) is 52.2 Å². The largest absolute Gasteiger partial charge is 0.334 e. The summed E-state index contributed by atoms with van der Waals surface area (Å²) in [4.78, 5) is 24.3. The van der Waals surface area contributed by atoms with E-state index >= 15 is 0 Å². The van der Waals surface area contributed by atoms with Crippen molar-refractivity contribution in [1.29, 1.82) is 0 Å². The van der Waals surface area contributed by atoms with Crippen LogP contribution in [-0.2, 0) is 13.1 Å². The van der Waals surface area contributed by atoms with Crippen LogP contribution in [-0.4, -0.2) is 44.5 Å². The molecule has 1 atom stereocenters. The van der Waals surface area contributed by atoms with E-state index in [4.69, 9.17) is 0 Å². The van der Waals surface area contributed by atoms with Gasteiger partial charge in [-0.05, 0) is 63.7 Å². The van der Waals surface area contributed by atoms with Crippen molar-refractivity contribution >= 4 is 30.7 Å². The van der Waals surface area contributed by atoms with Gasteiger partial charge in [0.05, 0.1) is 6.54 Å². The van der Waals surface area contributed by atoms with E-state index in [1.807, 2.05) is 42.4 Å². The number of rotatable bonds is 5. The second kappa shape index (κ2) is 9.25. The molecule has 2 aliphatic rings. The van der Waals surface area contributed by atoms with Gasteiger partial charge in [0.1, 0.15) is 11.5 Å². The standard InChI is InChI=1S/C20H27N5O.2ClH/c1-3-24-12-11-22-18(24)14-25(17-13-20(17)7-9-21-10-8-20)19(26)16-6-4-5-15(2)23-16;;/h4-6,11-12,17,21H,3,7-10,13-14H2,1-2H3;2*1H. The number of hydrogen-bond acceptors (Lipinski definition) is 4. The molecule has 1 aliphatic heterocycles. The Morgan fingerprint density at radius 2 is 2.07 bits per heavy atom. The first kappa shape index (κ1) is 22.7. The highest BCUT2D eigenvalue weighted by atomic mass is 35.5. The lowest BCUT2D eigenvalue weighted by Crippen LogP contribution is -2.40. The molecule has 3 heterocycles. The molecule has 1 unspecified atom stereocenters. The molecule has 6 nitrogen and oxygen atoms in total. The number of aromatic nitrogens is 3. The lowest BCUT2D eigenvalue weighted by atomic mass is 9.93. The van der Waals surface area contributed by atoms with Crippen molar-refractivity contribution in [2.75, 3.05) is 13.1 Å². The zero-order valence-electron chi connectivity index (χ0n) is 16.4. The molecule has 0 bridgehead atoms. The Kier molecular flexibility index (Phi) is 7.48. The number of halogens is 2. The zero-order valence-corrected chi connectivity index (χ0v) is 18.1. The molecule has 1 saturated carbocycles. The van der Waals surface area contributed by atoms with E-state index in [0.29, 0.717) is 18.3 Å². The summed E-state index contributed by atoms with van der Waals surface area (Å²) in [6.45, 7) is 7.53. The minimum Gasteiger partial charge on any atom is -0.334 e. The number of carbonyl (C=O) groups excluding carboxylic acids is 1. The number of piperidine rings is 1. The third-order valence-electron chi connectivity index (χ3n) is 5.94. The summed E-state index contributed by atoms with van der Waals surface area (Å²) in [7, 11) is 0. The van der Waals surface area contributed by atoms with Crippen molar-refractivity contribution in [2.24, 2.45) is 5.41 Å². The number of amides is 1. The van der Waals surface area contributed by atoms with Crippen molar-refractivity contribution in [1.82, 2.24) is 24.8 Å². The molecule has 2 fully saturated rings. The maximum Gasteiger partial charge on any atom is 0.273 e. The molecule has 28 heavy (non-hydrogen) atoms. The maximum absolute atomic E-state index is 13.3. The summed E-state index contributed by atoms with van der Waals surface area (Å²) >= 11 is 0. The van der Waals surface area contributed by atoms with Crippen molar-refractivity contribution in [3.05, 3.63) is 47.8 Å². The number of nitrogens with one attached hydrogen (secondary N) is 1. The topological polar surface area (TPSA) is 63.1 Å². The van der Waals surface area contributed by atoms with Crippen LogP contribution in [0.2, 0.25) is 0 Å². The summed E-state index contributed by atoms with van der Waals surface area (Å²) in [6.07, 6.45) is 7.19. The van der Waals surface area contributed by atoms with Crippen LogP contribution in [0.1, 0.15) is 48.2 Å². The lowest BCUT2D eigenvalue weighted by molar-refractivity contribution is 0.0678. The van der Waals surface area contributed by atoms with Gasteiger partial charge in [-0.2, -0.15) is 0 Å². The first-order valence-electron chi connectivity index (χ1n) is 9.58. The zero-order chi connectivity index (χ0) is 18.1. The Morgan fingerprint density at radius 3 is 2.75 bits per heavy atom. The van der Waals surface area contributed by atoms with E-state index in [1.165, 1.54) is 0 Å². The van der Waals surface area contributed by atoms with Gasteiger partial charge in [0, 0.05) is 30.7 Å². The van der Waals surface area contributed by atoms with Crippen LogP contribution < -0.4 is 5.32 Å². The number of hydrogen-bond donors (Lipinski definition) is 1. The summed E-state index contributed by atoms with van der Waals surface area (Å²) < 4.78 is 2.11. The van der Waals surface area contributed by atoms with Crippen molar-refractivity contribution in [3.63, 3.8) is 0 Å². The summed E-state index contributed by atoms with van der Waals surface area (Å²) in [5.74, 6) is 0.976. The fourth-order valence-electron chi connectivity index (χ4n) is 4.29. The van der Waals surface area contributed by atoms with E-state index in [0.717, 1.165) is 50.4 Å². The van der Waals surface area contributed by atoms with Crippen LogP contribution in [0.3, 0.4) is 0 Å². The average Bonchev–Trinajstić information content (AvgIpc) is 3.13. The third-order valence-corrected chi connectivity index (χ3v) is 5.94. The van der Waals surface area contributed by atoms with Crippen LogP contribution in [0.4, 0.5) is 0 Å². The van der Waals surface area contributed by atoms with E-state index in [1.54, 1.807) is 0 Å². The Bertz CT molecular complexity index is 803. The van der Waals surface area contributed by atoms with Gasteiger partial charge in [-0.15, -0.1) is 24.8 Å². The molecule has 1 amide bonds. The van der Waals surface area contributed by atoms with E-state index in [9.17, 15) is 4.79 Å². The fourth-order valence-corrected chi connectivity index (χ4v) is 4.29. The predicted molar refractivity (Wildman–Crippen MR) is 114 cm³/mol. The normalized spacial score (nSPS) is 19.4.